The molecule has 2 atom stereocenters. The fraction of sp³-hybridized carbons (Fsp3) is 0.611. The van der Waals surface area contributed by atoms with Gasteiger partial charge in [0, 0.05) is 38.6 Å². The monoisotopic (exact) mass is 286 g/mol. The third-order valence-electron chi connectivity index (χ3n) is 4.64. The van der Waals surface area contributed by atoms with Crippen molar-refractivity contribution in [3.05, 3.63) is 35.9 Å². The first kappa shape index (κ1) is 14.6. The van der Waals surface area contributed by atoms with E-state index in [1.54, 1.807) is 0 Å². The zero-order valence-electron chi connectivity index (χ0n) is 13.2. The molecule has 0 unspecified atom stereocenters. The van der Waals surface area contributed by atoms with Crippen molar-refractivity contribution in [2.75, 3.05) is 32.7 Å². The van der Waals surface area contributed by atoms with Gasteiger partial charge >= 0.3 is 0 Å². The van der Waals surface area contributed by atoms with Crippen LogP contribution in [0, 0.1) is 11.8 Å². The van der Waals surface area contributed by atoms with Crippen LogP contribution in [0.1, 0.15) is 31.7 Å². The molecule has 0 N–H and O–H groups in total. The van der Waals surface area contributed by atoms with Gasteiger partial charge in [0.2, 0.25) is 5.91 Å². The lowest BCUT2D eigenvalue weighted by Crippen LogP contribution is -2.50. The molecule has 0 aromatic heterocycles. The van der Waals surface area contributed by atoms with Gasteiger partial charge in [-0.3, -0.25) is 9.69 Å². The van der Waals surface area contributed by atoms with Crippen molar-refractivity contribution in [2.45, 2.75) is 26.2 Å². The minimum atomic E-state index is 0.240. The molecule has 1 aliphatic carbocycles. The van der Waals surface area contributed by atoms with Crippen LogP contribution in [-0.2, 0) is 4.79 Å². The van der Waals surface area contributed by atoms with E-state index in [2.05, 4.69) is 47.9 Å². The van der Waals surface area contributed by atoms with Gasteiger partial charge in [-0.1, -0.05) is 44.2 Å². The zero-order valence-corrected chi connectivity index (χ0v) is 13.2. The summed E-state index contributed by atoms with van der Waals surface area (Å²) in [5, 5.41) is 0. The average molecular weight is 286 g/mol. The molecule has 0 radical (unpaired) electrons. The second-order valence-corrected chi connectivity index (χ2v) is 6.88. The quantitative estimate of drug-likeness (QED) is 0.849. The molecule has 1 heterocycles. The Balaban J connectivity index is 1.50. The highest BCUT2D eigenvalue weighted by molar-refractivity contribution is 5.83. The van der Waals surface area contributed by atoms with E-state index in [-0.39, 0.29) is 5.92 Å². The van der Waals surface area contributed by atoms with Crippen molar-refractivity contribution in [1.82, 2.24) is 9.80 Å². The first-order chi connectivity index (χ1) is 10.1. The maximum atomic E-state index is 12.6. The fourth-order valence-corrected chi connectivity index (χ4v) is 3.44. The molecule has 1 aliphatic heterocycles. The number of hydrogen-bond acceptors (Lipinski definition) is 2. The molecule has 1 aromatic rings. The van der Waals surface area contributed by atoms with Gasteiger partial charge in [0.1, 0.15) is 0 Å². The van der Waals surface area contributed by atoms with E-state index < -0.39 is 0 Å². The minimum absolute atomic E-state index is 0.240. The molecule has 1 saturated heterocycles. The molecule has 1 saturated carbocycles. The van der Waals surface area contributed by atoms with Gasteiger partial charge in [0.05, 0.1) is 0 Å². The van der Waals surface area contributed by atoms with Crippen molar-refractivity contribution in [3.8, 4) is 0 Å². The highest BCUT2D eigenvalue weighted by atomic mass is 16.2. The van der Waals surface area contributed by atoms with Crippen LogP contribution in [-0.4, -0.2) is 48.4 Å². The van der Waals surface area contributed by atoms with E-state index in [0.717, 1.165) is 39.1 Å². The summed E-state index contributed by atoms with van der Waals surface area (Å²) in [6, 6.07) is 10.5. The van der Waals surface area contributed by atoms with E-state index in [1.807, 2.05) is 6.07 Å². The summed E-state index contributed by atoms with van der Waals surface area (Å²) >= 11 is 0. The van der Waals surface area contributed by atoms with Gasteiger partial charge in [-0.05, 0) is 23.8 Å². The zero-order chi connectivity index (χ0) is 14.8. The molecule has 114 valence electrons. The first-order valence-electron chi connectivity index (χ1n) is 8.21. The summed E-state index contributed by atoms with van der Waals surface area (Å²) in [6.45, 7) is 9.54. The van der Waals surface area contributed by atoms with Crippen molar-refractivity contribution in [2.24, 2.45) is 11.8 Å². The lowest BCUT2D eigenvalue weighted by Gasteiger charge is -2.35. The van der Waals surface area contributed by atoms with Gasteiger partial charge in [-0.15, -0.1) is 0 Å². The van der Waals surface area contributed by atoms with E-state index in [4.69, 9.17) is 0 Å². The molecule has 2 aliphatic rings. The second kappa shape index (κ2) is 6.18. The highest BCUT2D eigenvalue weighted by Gasteiger charge is 2.45. The number of carbonyl (C=O) groups is 1. The van der Waals surface area contributed by atoms with Gasteiger partial charge in [0.25, 0.3) is 0 Å². The molecule has 3 rings (SSSR count). The molecule has 21 heavy (non-hydrogen) atoms. The summed E-state index contributed by atoms with van der Waals surface area (Å²) < 4.78 is 0. The van der Waals surface area contributed by atoms with Crippen molar-refractivity contribution in [1.29, 1.82) is 0 Å². The Kier molecular flexibility index (Phi) is 4.29. The second-order valence-electron chi connectivity index (χ2n) is 6.88. The Bertz CT molecular complexity index is 477. The van der Waals surface area contributed by atoms with Crippen LogP contribution in [0.25, 0.3) is 0 Å². The van der Waals surface area contributed by atoms with E-state index >= 15 is 0 Å². The van der Waals surface area contributed by atoms with Crippen LogP contribution >= 0.6 is 0 Å². The number of hydrogen-bond donors (Lipinski definition) is 0. The van der Waals surface area contributed by atoms with Gasteiger partial charge in [-0.25, -0.2) is 0 Å². The average Bonchev–Trinajstić information content (AvgIpc) is 3.28. The number of carbonyl (C=O) groups excluding carboxylic acids is 1. The summed E-state index contributed by atoms with van der Waals surface area (Å²) in [7, 11) is 0. The number of nitrogens with zero attached hydrogens (tertiary/aromatic N) is 2. The van der Waals surface area contributed by atoms with E-state index in [9.17, 15) is 4.79 Å². The van der Waals surface area contributed by atoms with Crippen LogP contribution in [0.4, 0.5) is 0 Å². The molecule has 2 fully saturated rings. The SMILES string of the molecule is CC(C)CN1CCN(C(=O)[C@@H]2C[C@@H]2c2ccccc2)CC1. The van der Waals surface area contributed by atoms with Gasteiger partial charge in [-0.2, -0.15) is 0 Å². The van der Waals surface area contributed by atoms with Crippen molar-refractivity contribution in [3.63, 3.8) is 0 Å². The van der Waals surface area contributed by atoms with Crippen LogP contribution in [0.15, 0.2) is 30.3 Å². The minimum Gasteiger partial charge on any atom is -0.340 e. The Labute approximate surface area is 127 Å². The highest BCUT2D eigenvalue weighted by Crippen LogP contribution is 2.48. The smallest absolute Gasteiger partial charge is 0.226 e. The molecular weight excluding hydrogens is 260 g/mol. The van der Waals surface area contributed by atoms with Gasteiger partial charge < -0.3 is 4.90 Å². The molecule has 3 nitrogen and oxygen atoms in total. The van der Waals surface area contributed by atoms with Crippen LogP contribution in [0.5, 0.6) is 0 Å². The standard InChI is InChI=1S/C18H26N2O/c1-14(2)13-19-8-10-20(11-9-19)18(21)17-12-16(17)15-6-4-3-5-7-15/h3-7,14,16-17H,8-13H2,1-2H3/t16-,17-/m1/s1. The molecule has 0 bridgehead atoms. The molecule has 0 spiro atoms. The normalized spacial score (nSPS) is 26.1. The molecule has 1 amide bonds. The topological polar surface area (TPSA) is 23.6 Å². The van der Waals surface area contributed by atoms with Gasteiger partial charge in [0.15, 0.2) is 0 Å². The summed E-state index contributed by atoms with van der Waals surface area (Å²) in [5.41, 5.74) is 1.33. The largest absolute Gasteiger partial charge is 0.340 e. The van der Waals surface area contributed by atoms with Crippen molar-refractivity contribution < 1.29 is 4.79 Å². The maximum absolute atomic E-state index is 12.6. The number of rotatable bonds is 4. The predicted molar refractivity (Wildman–Crippen MR) is 85.1 cm³/mol. The Morgan fingerprint density at radius 1 is 1.14 bits per heavy atom. The number of piperazine rings is 1. The van der Waals surface area contributed by atoms with Crippen LogP contribution in [0.2, 0.25) is 0 Å². The summed E-state index contributed by atoms with van der Waals surface area (Å²) in [4.78, 5) is 17.2. The summed E-state index contributed by atoms with van der Waals surface area (Å²) in [6.07, 6.45) is 1.04. The molecular formula is C18H26N2O. The van der Waals surface area contributed by atoms with Crippen LogP contribution in [0.3, 0.4) is 0 Å². The lowest BCUT2D eigenvalue weighted by atomic mass is 10.1. The molecule has 3 heteroatoms. The Morgan fingerprint density at radius 2 is 1.81 bits per heavy atom. The predicted octanol–water partition coefficient (Wildman–Crippen LogP) is 2.59. The molecule has 1 aromatic carbocycles. The Morgan fingerprint density at radius 3 is 2.43 bits per heavy atom. The lowest BCUT2D eigenvalue weighted by molar-refractivity contribution is -0.134. The summed E-state index contributed by atoms with van der Waals surface area (Å²) in [5.74, 6) is 1.79. The maximum Gasteiger partial charge on any atom is 0.226 e. The first-order valence-corrected chi connectivity index (χ1v) is 8.21. The third-order valence-corrected chi connectivity index (χ3v) is 4.64. The van der Waals surface area contributed by atoms with E-state index in [0.29, 0.717) is 17.7 Å². The van der Waals surface area contributed by atoms with Crippen molar-refractivity contribution >= 4 is 5.91 Å². The third kappa shape index (κ3) is 3.46. The number of benzene rings is 1. The Hall–Kier alpha value is -1.35. The van der Waals surface area contributed by atoms with E-state index in [1.165, 1.54) is 5.56 Å². The van der Waals surface area contributed by atoms with Crippen LogP contribution < -0.4 is 0 Å². The number of amides is 1. The fourth-order valence-electron chi connectivity index (χ4n) is 3.44.